The van der Waals surface area contributed by atoms with E-state index in [0.717, 1.165) is 6.54 Å². The van der Waals surface area contributed by atoms with Crippen molar-refractivity contribution < 1.29 is 0 Å². The van der Waals surface area contributed by atoms with E-state index in [1.165, 1.54) is 30.5 Å². The van der Waals surface area contributed by atoms with Crippen LogP contribution in [0.2, 0.25) is 0 Å². The predicted octanol–water partition coefficient (Wildman–Crippen LogP) is 2.40. The quantitative estimate of drug-likeness (QED) is 0.849. The summed E-state index contributed by atoms with van der Waals surface area (Å²) in [6.45, 7) is 7.82. The van der Waals surface area contributed by atoms with E-state index in [9.17, 15) is 0 Å². The van der Waals surface area contributed by atoms with Crippen molar-refractivity contribution in [2.24, 2.45) is 12.5 Å². The third kappa shape index (κ3) is 2.14. The minimum absolute atomic E-state index is 0.454. The van der Waals surface area contributed by atoms with Gasteiger partial charge in [0.1, 0.15) is 0 Å². The lowest BCUT2D eigenvalue weighted by atomic mass is 9.87. The molecule has 1 aliphatic rings. The molecule has 0 radical (unpaired) electrons. The van der Waals surface area contributed by atoms with Crippen LogP contribution in [0.3, 0.4) is 0 Å². The topological polar surface area (TPSA) is 29.9 Å². The van der Waals surface area contributed by atoms with Crippen LogP contribution in [0.25, 0.3) is 0 Å². The van der Waals surface area contributed by atoms with Gasteiger partial charge in [0.2, 0.25) is 0 Å². The van der Waals surface area contributed by atoms with E-state index in [2.05, 4.69) is 31.2 Å². The van der Waals surface area contributed by atoms with Gasteiger partial charge in [0.25, 0.3) is 0 Å². The van der Waals surface area contributed by atoms with E-state index >= 15 is 0 Å². The smallest absolute Gasteiger partial charge is 0.0537 e. The van der Waals surface area contributed by atoms with E-state index in [4.69, 9.17) is 0 Å². The van der Waals surface area contributed by atoms with E-state index in [1.807, 2.05) is 17.9 Å². The van der Waals surface area contributed by atoms with E-state index in [-0.39, 0.29) is 0 Å². The van der Waals surface area contributed by atoms with Gasteiger partial charge < -0.3 is 5.32 Å². The van der Waals surface area contributed by atoms with Crippen LogP contribution in [0.15, 0.2) is 6.20 Å². The largest absolute Gasteiger partial charge is 0.309 e. The molecule has 1 heterocycles. The molecule has 1 aliphatic carbocycles. The fraction of sp³-hybridized carbons (Fsp3) is 0.769. The number of hydrogen-bond acceptors (Lipinski definition) is 2. The van der Waals surface area contributed by atoms with Gasteiger partial charge in [0.05, 0.1) is 6.20 Å². The minimum Gasteiger partial charge on any atom is -0.309 e. The standard InChI is InChI=1S/C13H23N3/c1-10-11(9-15-16(10)4)8-14-12-6-5-7-13(12,2)3/h9,12,14H,5-8H2,1-4H3. The lowest BCUT2D eigenvalue weighted by Crippen LogP contribution is -2.37. The predicted molar refractivity (Wildman–Crippen MR) is 66.2 cm³/mol. The summed E-state index contributed by atoms with van der Waals surface area (Å²) >= 11 is 0. The van der Waals surface area contributed by atoms with E-state index in [0.29, 0.717) is 11.5 Å². The van der Waals surface area contributed by atoms with Crippen molar-refractivity contribution in [1.82, 2.24) is 15.1 Å². The van der Waals surface area contributed by atoms with Crippen molar-refractivity contribution in [3.8, 4) is 0 Å². The Balaban J connectivity index is 1.95. The summed E-state index contributed by atoms with van der Waals surface area (Å²) < 4.78 is 1.94. The summed E-state index contributed by atoms with van der Waals surface area (Å²) in [4.78, 5) is 0. The summed E-state index contributed by atoms with van der Waals surface area (Å²) in [5, 5.41) is 7.96. The molecule has 3 nitrogen and oxygen atoms in total. The summed E-state index contributed by atoms with van der Waals surface area (Å²) in [6, 6.07) is 0.659. The Kier molecular flexibility index (Phi) is 3.06. The molecular weight excluding hydrogens is 198 g/mol. The van der Waals surface area contributed by atoms with Crippen molar-refractivity contribution in [2.75, 3.05) is 0 Å². The lowest BCUT2D eigenvalue weighted by Gasteiger charge is -2.27. The Morgan fingerprint density at radius 2 is 2.31 bits per heavy atom. The highest BCUT2D eigenvalue weighted by Gasteiger charge is 2.33. The van der Waals surface area contributed by atoms with Gasteiger partial charge in [-0.05, 0) is 25.2 Å². The fourth-order valence-corrected chi connectivity index (χ4v) is 2.66. The highest BCUT2D eigenvalue weighted by Crippen LogP contribution is 2.37. The van der Waals surface area contributed by atoms with Crippen molar-refractivity contribution in [1.29, 1.82) is 0 Å². The molecule has 2 rings (SSSR count). The molecule has 3 heteroatoms. The molecule has 0 aliphatic heterocycles. The van der Waals surface area contributed by atoms with Gasteiger partial charge in [-0.15, -0.1) is 0 Å². The number of aryl methyl sites for hydroxylation is 1. The molecule has 1 aromatic heterocycles. The van der Waals surface area contributed by atoms with Crippen LogP contribution < -0.4 is 5.32 Å². The first kappa shape index (κ1) is 11.6. The zero-order chi connectivity index (χ0) is 11.8. The van der Waals surface area contributed by atoms with Crippen LogP contribution in [-0.4, -0.2) is 15.8 Å². The Morgan fingerprint density at radius 1 is 1.56 bits per heavy atom. The number of hydrogen-bond donors (Lipinski definition) is 1. The Labute approximate surface area is 98.2 Å². The van der Waals surface area contributed by atoms with Crippen molar-refractivity contribution >= 4 is 0 Å². The van der Waals surface area contributed by atoms with Gasteiger partial charge in [-0.25, -0.2) is 0 Å². The van der Waals surface area contributed by atoms with Gasteiger partial charge >= 0.3 is 0 Å². The molecule has 0 spiro atoms. The summed E-state index contributed by atoms with van der Waals surface area (Å²) in [6.07, 6.45) is 5.99. The molecule has 0 aromatic carbocycles. The van der Waals surface area contributed by atoms with Crippen LogP contribution in [0.1, 0.15) is 44.4 Å². The third-order valence-corrected chi connectivity index (χ3v) is 4.13. The molecule has 1 aromatic rings. The zero-order valence-corrected chi connectivity index (χ0v) is 10.9. The normalized spacial score (nSPS) is 23.9. The third-order valence-electron chi connectivity index (χ3n) is 4.13. The van der Waals surface area contributed by atoms with Gasteiger partial charge in [0, 0.05) is 30.9 Å². The maximum atomic E-state index is 4.27. The Morgan fingerprint density at radius 3 is 2.81 bits per heavy atom. The molecule has 1 fully saturated rings. The van der Waals surface area contributed by atoms with Crippen LogP contribution in [0.5, 0.6) is 0 Å². The second-order valence-corrected chi connectivity index (χ2v) is 5.69. The molecule has 1 unspecified atom stereocenters. The van der Waals surface area contributed by atoms with Gasteiger partial charge in [-0.3, -0.25) is 4.68 Å². The molecule has 0 amide bonds. The number of rotatable bonds is 3. The second-order valence-electron chi connectivity index (χ2n) is 5.69. The van der Waals surface area contributed by atoms with Gasteiger partial charge in [-0.2, -0.15) is 5.10 Å². The summed E-state index contributed by atoms with van der Waals surface area (Å²) in [5.41, 5.74) is 3.05. The number of nitrogens with zero attached hydrogens (tertiary/aromatic N) is 2. The number of aromatic nitrogens is 2. The van der Waals surface area contributed by atoms with Gasteiger partial charge in [0.15, 0.2) is 0 Å². The lowest BCUT2D eigenvalue weighted by molar-refractivity contribution is 0.282. The Hall–Kier alpha value is -0.830. The molecule has 16 heavy (non-hydrogen) atoms. The number of nitrogens with one attached hydrogen (secondary N) is 1. The molecule has 1 N–H and O–H groups in total. The van der Waals surface area contributed by atoms with Crippen LogP contribution in [0.4, 0.5) is 0 Å². The first-order valence-electron chi connectivity index (χ1n) is 6.21. The highest BCUT2D eigenvalue weighted by molar-refractivity contribution is 5.15. The van der Waals surface area contributed by atoms with Gasteiger partial charge in [-0.1, -0.05) is 20.3 Å². The molecule has 90 valence electrons. The first-order chi connectivity index (χ1) is 7.50. The SMILES string of the molecule is Cc1c(CNC2CCCC2(C)C)cnn1C. The minimum atomic E-state index is 0.454. The average Bonchev–Trinajstić information content (AvgIpc) is 2.70. The van der Waals surface area contributed by atoms with Crippen molar-refractivity contribution in [3.05, 3.63) is 17.5 Å². The average molecular weight is 221 g/mol. The zero-order valence-electron chi connectivity index (χ0n) is 10.9. The van der Waals surface area contributed by atoms with Crippen LogP contribution in [-0.2, 0) is 13.6 Å². The van der Waals surface area contributed by atoms with E-state index < -0.39 is 0 Å². The monoisotopic (exact) mass is 221 g/mol. The van der Waals surface area contributed by atoms with E-state index in [1.54, 1.807) is 0 Å². The maximum Gasteiger partial charge on any atom is 0.0537 e. The Bertz CT molecular complexity index is 365. The fourth-order valence-electron chi connectivity index (χ4n) is 2.66. The molecule has 0 saturated heterocycles. The molecule has 1 atom stereocenters. The summed E-state index contributed by atoms with van der Waals surface area (Å²) in [7, 11) is 2.00. The first-order valence-corrected chi connectivity index (χ1v) is 6.21. The molecule has 0 bridgehead atoms. The summed E-state index contributed by atoms with van der Waals surface area (Å²) in [5.74, 6) is 0. The highest BCUT2D eigenvalue weighted by atomic mass is 15.3. The molecular formula is C13H23N3. The van der Waals surface area contributed by atoms with Crippen LogP contribution >= 0.6 is 0 Å². The van der Waals surface area contributed by atoms with Crippen molar-refractivity contribution in [3.63, 3.8) is 0 Å². The van der Waals surface area contributed by atoms with Crippen molar-refractivity contribution in [2.45, 2.75) is 52.6 Å². The molecule has 1 saturated carbocycles. The second kappa shape index (κ2) is 4.21. The van der Waals surface area contributed by atoms with Crippen LogP contribution in [0, 0.1) is 12.3 Å². The maximum absolute atomic E-state index is 4.27.